The van der Waals surface area contributed by atoms with Crippen molar-refractivity contribution in [3.05, 3.63) is 12.7 Å². The third-order valence-corrected chi connectivity index (χ3v) is 4.20. The summed E-state index contributed by atoms with van der Waals surface area (Å²) in [4.78, 5) is 22.4. The molecule has 0 aliphatic rings. The lowest BCUT2D eigenvalue weighted by molar-refractivity contribution is -0.148. The Morgan fingerprint density at radius 2 is 1.46 bits per heavy atom. The van der Waals surface area contributed by atoms with Gasteiger partial charge in [-0.05, 0) is 32.6 Å². The highest BCUT2D eigenvalue weighted by molar-refractivity contribution is 5.73. The highest BCUT2D eigenvalue weighted by Gasteiger charge is 2.20. The van der Waals surface area contributed by atoms with Gasteiger partial charge in [-0.2, -0.15) is 0 Å². The number of unbranched alkanes of at least 4 members (excludes halogenated alkanes) is 9. The molecule has 4 nitrogen and oxygen atoms in total. The van der Waals surface area contributed by atoms with Gasteiger partial charge < -0.3 is 10.1 Å². The molecule has 4 heteroatoms. The number of hydrogen-bond donors (Lipinski definition) is 1. The highest BCUT2D eigenvalue weighted by Crippen LogP contribution is 2.14. The molecule has 24 heavy (non-hydrogen) atoms. The second-order valence-electron chi connectivity index (χ2n) is 6.69. The van der Waals surface area contributed by atoms with Crippen LogP contribution in [0, 0.1) is 0 Å². The van der Waals surface area contributed by atoms with Gasteiger partial charge in [-0.1, -0.05) is 51.0 Å². The molecule has 0 heterocycles. The molecule has 0 fully saturated rings. The van der Waals surface area contributed by atoms with Crippen LogP contribution in [0.25, 0.3) is 0 Å². The Hall–Kier alpha value is -1.32. The average molecular weight is 340 g/mol. The molecule has 0 radical (unpaired) electrons. The van der Waals surface area contributed by atoms with Crippen LogP contribution in [0.4, 0.5) is 0 Å². The predicted octanol–water partition coefficient (Wildman–Crippen LogP) is 4.92. The van der Waals surface area contributed by atoms with Gasteiger partial charge in [-0.15, -0.1) is 6.58 Å². The maximum absolute atomic E-state index is 11.2. The van der Waals surface area contributed by atoms with Crippen LogP contribution >= 0.6 is 0 Å². The first-order chi connectivity index (χ1) is 11.5. The summed E-state index contributed by atoms with van der Waals surface area (Å²) >= 11 is 0. The van der Waals surface area contributed by atoms with Crippen molar-refractivity contribution in [3.8, 4) is 0 Å². The number of carbonyl (C=O) groups is 2. The van der Waals surface area contributed by atoms with Gasteiger partial charge in [0.15, 0.2) is 0 Å². The van der Waals surface area contributed by atoms with Gasteiger partial charge in [0.25, 0.3) is 0 Å². The van der Waals surface area contributed by atoms with Crippen molar-refractivity contribution in [2.45, 2.75) is 104 Å². The Morgan fingerprint density at radius 1 is 0.958 bits per heavy atom. The van der Waals surface area contributed by atoms with E-state index in [-0.39, 0.29) is 24.0 Å². The van der Waals surface area contributed by atoms with Crippen LogP contribution in [-0.2, 0) is 14.3 Å². The number of ether oxygens (including phenoxy) is 1. The molecule has 1 amide bonds. The summed E-state index contributed by atoms with van der Waals surface area (Å²) in [6, 6.07) is -0.137. The Labute approximate surface area is 148 Å². The maximum atomic E-state index is 11.2. The van der Waals surface area contributed by atoms with Gasteiger partial charge in [0.2, 0.25) is 5.91 Å². The normalized spacial score (nSPS) is 13.1. The lowest BCUT2D eigenvalue weighted by atomic mass is 10.0. The molecular formula is C20H37NO3. The van der Waals surface area contributed by atoms with Crippen molar-refractivity contribution in [2.24, 2.45) is 0 Å². The fourth-order valence-corrected chi connectivity index (χ4v) is 2.91. The molecule has 0 rings (SSSR count). The van der Waals surface area contributed by atoms with Crippen LogP contribution in [0.15, 0.2) is 12.7 Å². The van der Waals surface area contributed by atoms with Crippen molar-refractivity contribution in [1.82, 2.24) is 5.32 Å². The standard InChI is InChI=1S/C20H37NO3/c1-5-6-7-8-9-10-11-12-13-14-15-16-20(24-19(4)23)17(2)21-18(3)22/h5,17,20H,1,6-16H2,2-4H3,(H,21,22). The summed E-state index contributed by atoms with van der Waals surface area (Å²) in [5.41, 5.74) is 0. The molecule has 1 N–H and O–H groups in total. The quantitative estimate of drug-likeness (QED) is 0.262. The molecule has 2 atom stereocenters. The van der Waals surface area contributed by atoms with E-state index in [1.54, 1.807) is 0 Å². The van der Waals surface area contributed by atoms with Gasteiger partial charge in [0.1, 0.15) is 6.10 Å². The number of hydrogen-bond acceptors (Lipinski definition) is 3. The second kappa shape index (κ2) is 15.2. The van der Waals surface area contributed by atoms with Crippen LogP contribution in [0.2, 0.25) is 0 Å². The van der Waals surface area contributed by atoms with E-state index in [0.717, 1.165) is 25.7 Å². The molecule has 0 aliphatic heterocycles. The van der Waals surface area contributed by atoms with Gasteiger partial charge in [0, 0.05) is 13.8 Å². The van der Waals surface area contributed by atoms with E-state index in [0.29, 0.717) is 0 Å². The Morgan fingerprint density at radius 3 is 1.92 bits per heavy atom. The topological polar surface area (TPSA) is 55.4 Å². The minimum absolute atomic E-state index is 0.0901. The number of rotatable bonds is 15. The highest BCUT2D eigenvalue weighted by atomic mass is 16.5. The first-order valence-corrected chi connectivity index (χ1v) is 9.52. The molecule has 0 aromatic heterocycles. The molecule has 2 unspecified atom stereocenters. The largest absolute Gasteiger partial charge is 0.460 e. The molecule has 0 saturated carbocycles. The zero-order chi connectivity index (χ0) is 18.2. The first-order valence-electron chi connectivity index (χ1n) is 9.52. The van der Waals surface area contributed by atoms with Crippen molar-refractivity contribution >= 4 is 11.9 Å². The van der Waals surface area contributed by atoms with E-state index in [1.165, 1.54) is 58.8 Å². The van der Waals surface area contributed by atoms with Crippen molar-refractivity contribution < 1.29 is 14.3 Å². The van der Waals surface area contributed by atoms with Crippen LogP contribution in [0.1, 0.15) is 91.4 Å². The third-order valence-electron chi connectivity index (χ3n) is 4.20. The predicted molar refractivity (Wildman–Crippen MR) is 99.8 cm³/mol. The lowest BCUT2D eigenvalue weighted by Gasteiger charge is -2.24. The minimum atomic E-state index is -0.284. The Bertz CT molecular complexity index is 355. The third kappa shape index (κ3) is 14.3. The van der Waals surface area contributed by atoms with E-state index in [9.17, 15) is 9.59 Å². The molecule has 0 saturated heterocycles. The zero-order valence-corrected chi connectivity index (χ0v) is 15.9. The van der Waals surface area contributed by atoms with Crippen LogP contribution in [0.3, 0.4) is 0 Å². The van der Waals surface area contributed by atoms with Crippen molar-refractivity contribution in [2.75, 3.05) is 0 Å². The Balaban J connectivity index is 3.70. The zero-order valence-electron chi connectivity index (χ0n) is 15.9. The summed E-state index contributed by atoms with van der Waals surface area (Å²) in [6.45, 7) is 8.54. The van der Waals surface area contributed by atoms with E-state index >= 15 is 0 Å². The molecular weight excluding hydrogens is 302 g/mol. The van der Waals surface area contributed by atoms with Gasteiger partial charge in [-0.3, -0.25) is 9.59 Å². The molecule has 140 valence electrons. The summed E-state index contributed by atoms with van der Waals surface area (Å²) in [5.74, 6) is -0.374. The Kier molecular flexibility index (Phi) is 14.4. The summed E-state index contributed by atoms with van der Waals surface area (Å²) in [7, 11) is 0. The number of allylic oxidation sites excluding steroid dienone is 1. The second-order valence-corrected chi connectivity index (χ2v) is 6.69. The number of carbonyl (C=O) groups excluding carboxylic acids is 2. The molecule has 0 aromatic rings. The molecule has 0 aromatic carbocycles. The average Bonchev–Trinajstić information content (AvgIpc) is 2.50. The van der Waals surface area contributed by atoms with Crippen LogP contribution in [0.5, 0.6) is 0 Å². The smallest absolute Gasteiger partial charge is 0.302 e. The monoisotopic (exact) mass is 339 g/mol. The maximum Gasteiger partial charge on any atom is 0.302 e. The fraction of sp³-hybridized carbons (Fsp3) is 0.800. The minimum Gasteiger partial charge on any atom is -0.460 e. The summed E-state index contributed by atoms with van der Waals surface area (Å²) in [5, 5.41) is 2.82. The van der Waals surface area contributed by atoms with E-state index in [4.69, 9.17) is 4.74 Å². The van der Waals surface area contributed by atoms with E-state index in [2.05, 4.69) is 11.9 Å². The number of esters is 1. The molecule has 0 bridgehead atoms. The number of amides is 1. The SMILES string of the molecule is C=CCCCCCCCCCCCC(OC(C)=O)C(C)NC(C)=O. The molecule has 0 spiro atoms. The van der Waals surface area contributed by atoms with Crippen molar-refractivity contribution in [1.29, 1.82) is 0 Å². The van der Waals surface area contributed by atoms with Crippen LogP contribution in [-0.4, -0.2) is 24.0 Å². The van der Waals surface area contributed by atoms with Gasteiger partial charge in [0.05, 0.1) is 6.04 Å². The first kappa shape index (κ1) is 22.7. The van der Waals surface area contributed by atoms with Crippen LogP contribution < -0.4 is 5.32 Å². The van der Waals surface area contributed by atoms with Gasteiger partial charge >= 0.3 is 5.97 Å². The van der Waals surface area contributed by atoms with Crippen molar-refractivity contribution in [3.63, 3.8) is 0 Å². The lowest BCUT2D eigenvalue weighted by Crippen LogP contribution is -2.42. The number of nitrogens with one attached hydrogen (secondary N) is 1. The fourth-order valence-electron chi connectivity index (χ4n) is 2.91. The summed E-state index contributed by atoms with van der Waals surface area (Å²) in [6.07, 6.45) is 15.0. The van der Waals surface area contributed by atoms with Gasteiger partial charge in [-0.25, -0.2) is 0 Å². The molecule has 0 aliphatic carbocycles. The van der Waals surface area contributed by atoms with E-state index in [1.807, 2.05) is 13.0 Å². The summed E-state index contributed by atoms with van der Waals surface area (Å²) < 4.78 is 5.34. The van der Waals surface area contributed by atoms with E-state index < -0.39 is 0 Å².